The predicted octanol–water partition coefficient (Wildman–Crippen LogP) is 0.923. The first-order valence-electron chi connectivity index (χ1n) is 37.1. The Balaban J connectivity index is 1.25. The monoisotopic (exact) mass is 1750 g/mol. The molecule has 7 saturated heterocycles. The van der Waals surface area contributed by atoms with Crippen LogP contribution in [-0.4, -0.2) is 307 Å². The van der Waals surface area contributed by atoms with Crippen molar-refractivity contribution in [1.82, 2.24) is 40.5 Å². The first kappa shape index (κ1) is 96.2. The van der Waals surface area contributed by atoms with Crippen LogP contribution in [0.5, 0.6) is 0 Å². The molecule has 122 heavy (non-hydrogen) atoms. The molecule has 7 heterocycles. The minimum Gasteiger partial charge on any atom is -0.428 e. The highest BCUT2D eigenvalue weighted by Crippen LogP contribution is 2.33. The molecule has 0 radical (unpaired) electrons. The molecule has 5 unspecified atom stereocenters. The van der Waals surface area contributed by atoms with Gasteiger partial charge >= 0.3 is 49.2 Å². The summed E-state index contributed by atoms with van der Waals surface area (Å²) in [6.45, 7) is -5.39. The summed E-state index contributed by atoms with van der Waals surface area (Å²) in [5.41, 5.74) is -12.8. The molecule has 0 aromatic carbocycles. The van der Waals surface area contributed by atoms with E-state index in [1.54, 1.807) is 0 Å². The van der Waals surface area contributed by atoms with Crippen molar-refractivity contribution in [3.8, 4) is 0 Å². The predicted molar refractivity (Wildman–Crippen MR) is 369 cm³/mol. The van der Waals surface area contributed by atoms with E-state index in [-0.39, 0.29) is 106 Å². The second-order valence-electron chi connectivity index (χ2n) is 28.9. The first-order chi connectivity index (χ1) is 57.5. The molecule has 5 atom stereocenters. The average molecular weight is 1750 g/mol. The summed E-state index contributed by atoms with van der Waals surface area (Å²) >= 11 is 0. The summed E-state index contributed by atoms with van der Waals surface area (Å²) in [5.74, 6) is -14.4. The molecule has 53 heteroatoms. The fraction of sp³-hybridized carbons (Fsp3) is 0.652. The van der Waals surface area contributed by atoms with E-state index < -0.39 is 309 Å². The Morgan fingerprint density at radius 2 is 0.467 bits per heavy atom. The van der Waals surface area contributed by atoms with E-state index in [0.29, 0.717) is 11.3 Å². The molecule has 0 saturated carbocycles. The van der Waals surface area contributed by atoms with Gasteiger partial charge in [-0.05, 0) is 40.5 Å². The molecule has 0 aromatic rings. The fourth-order valence-corrected chi connectivity index (χ4v) is 11.1. The second-order valence-corrected chi connectivity index (χ2v) is 28.9. The summed E-state index contributed by atoms with van der Waals surface area (Å²) < 4.78 is 74.2. The van der Waals surface area contributed by atoms with Gasteiger partial charge in [-0.2, -0.15) is 5.06 Å². The maximum Gasteiger partial charge on any atom is 0.534 e. The van der Waals surface area contributed by atoms with Crippen molar-refractivity contribution in [3.63, 3.8) is 0 Å². The van der Waals surface area contributed by atoms with Crippen LogP contribution in [0.4, 0.5) is 38.4 Å². The number of aldehydes is 1. The van der Waals surface area contributed by atoms with E-state index in [4.69, 9.17) is 100 Å². The zero-order chi connectivity index (χ0) is 90.1. The summed E-state index contributed by atoms with van der Waals surface area (Å²) in [6.07, 6.45) is -20.0. The number of carbonyl (C=O) groups excluding carboxylic acids is 24. The Morgan fingerprint density at radius 1 is 0.287 bits per heavy atom. The number of hydrogen-bond donors (Lipinski definition) is 0. The highest BCUT2D eigenvalue weighted by molar-refractivity contribution is 6.05. The minimum atomic E-state index is -2.35. The van der Waals surface area contributed by atoms with Crippen molar-refractivity contribution < 1.29 is 215 Å². The highest BCUT2D eigenvalue weighted by atomic mass is 16.9. The molecular formula is C69H86N8O45. The summed E-state index contributed by atoms with van der Waals surface area (Å²) in [7, 11) is 0.980. The number of amides is 15. The third-order valence-electron chi connectivity index (χ3n) is 18.1. The number of ether oxygens (including phenoxy) is 13. The third kappa shape index (κ3) is 27.8. The molecule has 53 nitrogen and oxygen atoms in total. The van der Waals surface area contributed by atoms with Crippen molar-refractivity contribution in [3.05, 3.63) is 0 Å². The number of rotatable bonds is 44. The SMILES string of the molecule is CCC(COCC(CC)(COCC(C)(COC(=O)ON1C(=O)CCC1=O)OC(=O)ON1C(=O)CCC1=O)COCC(C)(COC(=O)ON1C(=O)CCC1=O)OC(=O)ON1C(=O)CCC1=O)(COCC(C)(COC(=O)ON(C)C(=O)CCC=O)OC(=O)ON1C(=O)CCC1=O)COCC(C)(COC(=O)ON1C(=O)CCC1=O)OC(=O)ON1C(=O)CCC1=O. The molecule has 7 fully saturated rings. The lowest BCUT2D eigenvalue weighted by atomic mass is 9.86. The molecular weight excluding hydrogens is 1660 g/mol. The zero-order valence-electron chi connectivity index (χ0n) is 66.7. The van der Waals surface area contributed by atoms with Crippen LogP contribution in [0.15, 0.2) is 0 Å². The van der Waals surface area contributed by atoms with E-state index in [2.05, 4.69) is 0 Å². The second kappa shape index (κ2) is 42.8. The summed E-state index contributed by atoms with van der Waals surface area (Å²) in [6, 6.07) is 0. The van der Waals surface area contributed by atoms with Gasteiger partial charge in [0.25, 0.3) is 88.6 Å². The van der Waals surface area contributed by atoms with E-state index >= 15 is 0 Å². The highest BCUT2D eigenvalue weighted by Gasteiger charge is 2.48. The number of hydrogen-bond acceptors (Lipinski definition) is 45. The Kier molecular flexibility index (Phi) is 33.8. The van der Waals surface area contributed by atoms with Crippen molar-refractivity contribution >= 4 is 144 Å². The molecule has 7 aliphatic heterocycles. The molecule has 0 aliphatic carbocycles. The quantitative estimate of drug-likeness (QED) is 0.0269. The lowest BCUT2D eigenvalue weighted by Crippen LogP contribution is -2.48. The molecule has 0 N–H and O–H groups in total. The average Bonchev–Trinajstić information content (AvgIpc) is 1.19. The van der Waals surface area contributed by atoms with Crippen LogP contribution in [0.25, 0.3) is 0 Å². The smallest absolute Gasteiger partial charge is 0.428 e. The number of hydroxylamine groups is 16. The Hall–Kier alpha value is -12.9. The molecule has 0 bridgehead atoms. The van der Waals surface area contributed by atoms with Gasteiger partial charge in [0.2, 0.25) is 0 Å². The van der Waals surface area contributed by atoms with E-state index in [9.17, 15) is 115 Å². The van der Waals surface area contributed by atoms with Crippen molar-refractivity contribution in [2.24, 2.45) is 10.8 Å². The third-order valence-corrected chi connectivity index (χ3v) is 18.1. The molecule has 0 spiro atoms. The van der Waals surface area contributed by atoms with Gasteiger partial charge in [-0.3, -0.25) is 106 Å². The number of carbonyl (C=O) groups is 24. The van der Waals surface area contributed by atoms with Gasteiger partial charge in [0, 0.05) is 121 Å². The fourth-order valence-electron chi connectivity index (χ4n) is 11.1. The number of imide groups is 7. The topological polar surface area (TPSA) is 629 Å². The van der Waals surface area contributed by atoms with Crippen LogP contribution in [-0.2, 0) is 177 Å². The van der Waals surface area contributed by atoms with Crippen LogP contribution in [0.1, 0.15) is 157 Å². The van der Waals surface area contributed by atoms with Crippen LogP contribution >= 0.6 is 0 Å². The number of nitrogens with zero attached hydrogens (tertiary/aromatic N) is 8. The standard InChI is InChI=1S/C69H86N8O45/c1-8-68(35-102-27-64(3,111-60(98)119-74-48(86)18-19-49(74)87)31-107-56(94)115-70(7)41(79)11-10-26-78,36-103-28-65(4,112-61(99)120-75-50(88)20-21-51(75)89)32-108-57(95)116-71-42(80)12-13-43(71)81)39-106-40-69(9-2,37-104-29-66(5,113-62(100)121-76-52(90)22-23-53(76)91)33-109-58(96)117-72-44(82)14-15-45(72)83)38-105-30-67(6,114-63(101)122-77-54(92)24-25-55(77)93)34-110-59(97)118-73-46(84)16-17-47(73)85/h26H,8-25,27-40H2,1-7H3. The molecule has 0 aromatic heterocycles. The molecule has 672 valence electrons. The van der Waals surface area contributed by atoms with Crippen LogP contribution in [0.2, 0.25) is 0 Å². The first-order valence-corrected chi connectivity index (χ1v) is 37.1. The molecule has 15 amide bonds. The maximum absolute atomic E-state index is 13.5. The summed E-state index contributed by atoms with van der Waals surface area (Å²) in [5, 5.41) is 1.04. The molecule has 7 aliphatic rings. The van der Waals surface area contributed by atoms with Crippen LogP contribution in [0, 0.1) is 10.8 Å². The normalized spacial score (nSPS) is 19.1. The van der Waals surface area contributed by atoms with Crippen molar-refractivity contribution in [1.29, 1.82) is 0 Å². The van der Waals surface area contributed by atoms with Gasteiger partial charge in [-0.25, -0.2) is 38.4 Å². The van der Waals surface area contributed by atoms with Gasteiger partial charge < -0.3 is 71.2 Å². The van der Waals surface area contributed by atoms with Crippen molar-refractivity contribution in [2.45, 2.75) is 180 Å². The lowest BCUT2D eigenvalue weighted by molar-refractivity contribution is -0.194. The lowest BCUT2D eigenvalue weighted by Gasteiger charge is -2.38. The van der Waals surface area contributed by atoms with E-state index in [1.165, 1.54) is 13.8 Å². The van der Waals surface area contributed by atoms with Crippen molar-refractivity contribution in [2.75, 3.05) is 99.5 Å². The summed E-state index contributed by atoms with van der Waals surface area (Å²) in [4.78, 5) is 344. The van der Waals surface area contributed by atoms with E-state index in [1.807, 2.05) is 0 Å². The van der Waals surface area contributed by atoms with Gasteiger partial charge in [0.1, 0.15) is 32.7 Å². The largest absolute Gasteiger partial charge is 0.534 e. The van der Waals surface area contributed by atoms with Gasteiger partial charge in [0.15, 0.2) is 22.4 Å². The van der Waals surface area contributed by atoms with Gasteiger partial charge in [0.05, 0.1) is 66.1 Å². The zero-order valence-corrected chi connectivity index (χ0v) is 66.7. The Labute approximate surface area is 687 Å². The minimum absolute atomic E-state index is 0.0813. The molecule has 7 rings (SSSR count). The van der Waals surface area contributed by atoms with Gasteiger partial charge in [-0.15, -0.1) is 0 Å². The van der Waals surface area contributed by atoms with Crippen LogP contribution < -0.4 is 0 Å². The maximum atomic E-state index is 13.5. The Bertz CT molecular complexity index is 3880. The van der Waals surface area contributed by atoms with Gasteiger partial charge in [-0.1, -0.05) is 49.3 Å². The van der Waals surface area contributed by atoms with Crippen LogP contribution in [0.3, 0.4) is 0 Å². The Morgan fingerprint density at radius 3 is 0.656 bits per heavy atom. The van der Waals surface area contributed by atoms with E-state index in [0.717, 1.165) is 34.7 Å².